The Bertz CT molecular complexity index is 357. The summed E-state index contributed by atoms with van der Waals surface area (Å²) in [5.41, 5.74) is 0.505. The molecule has 17 heavy (non-hydrogen) atoms. The van der Waals surface area contributed by atoms with Crippen LogP contribution in [0.5, 0.6) is 0 Å². The van der Waals surface area contributed by atoms with E-state index in [2.05, 4.69) is 15.9 Å². The van der Waals surface area contributed by atoms with Crippen LogP contribution in [0.4, 0.5) is 4.39 Å². The summed E-state index contributed by atoms with van der Waals surface area (Å²) in [6.07, 6.45) is 1.05. The van der Waals surface area contributed by atoms with Crippen LogP contribution >= 0.6 is 15.9 Å². The van der Waals surface area contributed by atoms with Gasteiger partial charge in [-0.25, -0.2) is 4.39 Å². The van der Waals surface area contributed by atoms with Gasteiger partial charge in [0.25, 0.3) is 0 Å². The maximum Gasteiger partial charge on any atom is 0.126 e. The second-order valence-corrected chi connectivity index (χ2v) is 4.99. The first-order valence-electron chi connectivity index (χ1n) is 5.73. The van der Waals surface area contributed by atoms with Crippen LogP contribution in [0.1, 0.15) is 25.3 Å². The highest BCUT2D eigenvalue weighted by molar-refractivity contribution is 9.10. The molecule has 2 unspecified atom stereocenters. The summed E-state index contributed by atoms with van der Waals surface area (Å²) in [5, 5.41) is 10.0. The third-order valence-corrected chi connectivity index (χ3v) is 3.24. The van der Waals surface area contributed by atoms with Gasteiger partial charge in [-0.15, -0.1) is 0 Å². The number of halogens is 2. The van der Waals surface area contributed by atoms with Gasteiger partial charge in [0.2, 0.25) is 0 Å². The molecule has 0 aliphatic heterocycles. The molecule has 0 amide bonds. The van der Waals surface area contributed by atoms with Gasteiger partial charge in [0, 0.05) is 18.0 Å². The van der Waals surface area contributed by atoms with E-state index < -0.39 is 6.10 Å². The topological polar surface area (TPSA) is 29.5 Å². The average Bonchev–Trinajstić information content (AvgIpc) is 2.30. The smallest absolute Gasteiger partial charge is 0.126 e. The van der Waals surface area contributed by atoms with Gasteiger partial charge in [-0.1, -0.05) is 29.3 Å². The number of aliphatic hydroxyl groups is 1. The molecule has 4 heteroatoms. The highest BCUT2D eigenvalue weighted by Crippen LogP contribution is 2.19. The first-order chi connectivity index (χ1) is 8.08. The van der Waals surface area contributed by atoms with E-state index in [0.717, 1.165) is 17.3 Å². The summed E-state index contributed by atoms with van der Waals surface area (Å²) in [6, 6.07) is 4.73. The van der Waals surface area contributed by atoms with Gasteiger partial charge >= 0.3 is 0 Å². The number of ether oxygens (including phenoxy) is 1. The fraction of sp³-hybridized carbons (Fsp3) is 0.538. The Morgan fingerprint density at radius 3 is 2.76 bits per heavy atom. The molecule has 2 atom stereocenters. The zero-order valence-corrected chi connectivity index (χ0v) is 11.7. The van der Waals surface area contributed by atoms with E-state index in [1.807, 2.05) is 6.92 Å². The Morgan fingerprint density at radius 1 is 1.47 bits per heavy atom. The Kier molecular flexibility index (Phi) is 6.09. The second kappa shape index (κ2) is 7.09. The highest BCUT2D eigenvalue weighted by Gasteiger charge is 2.19. The van der Waals surface area contributed by atoms with Crippen LogP contribution in [0, 0.1) is 5.82 Å². The SMILES string of the molecule is CCCC(OC)C(O)Cc1cc(Br)ccc1F. The maximum absolute atomic E-state index is 13.5. The second-order valence-electron chi connectivity index (χ2n) is 4.07. The van der Waals surface area contributed by atoms with E-state index in [1.165, 1.54) is 6.07 Å². The first-order valence-corrected chi connectivity index (χ1v) is 6.52. The van der Waals surface area contributed by atoms with Gasteiger partial charge in [-0.2, -0.15) is 0 Å². The minimum Gasteiger partial charge on any atom is -0.390 e. The van der Waals surface area contributed by atoms with Crippen molar-refractivity contribution in [2.24, 2.45) is 0 Å². The molecule has 2 nitrogen and oxygen atoms in total. The van der Waals surface area contributed by atoms with Crippen LogP contribution < -0.4 is 0 Å². The zero-order valence-electron chi connectivity index (χ0n) is 10.1. The fourth-order valence-corrected chi connectivity index (χ4v) is 2.22. The van der Waals surface area contributed by atoms with Gasteiger partial charge in [0.1, 0.15) is 5.82 Å². The molecule has 0 radical (unpaired) electrons. The van der Waals surface area contributed by atoms with Crippen molar-refractivity contribution < 1.29 is 14.2 Å². The molecule has 0 fully saturated rings. The summed E-state index contributed by atoms with van der Waals surface area (Å²) in [4.78, 5) is 0. The molecule has 0 aliphatic carbocycles. The molecular formula is C13H18BrFO2. The van der Waals surface area contributed by atoms with Crippen molar-refractivity contribution in [3.63, 3.8) is 0 Å². The summed E-state index contributed by atoms with van der Waals surface area (Å²) in [7, 11) is 1.57. The molecule has 1 aromatic rings. The Hall–Kier alpha value is -0.450. The summed E-state index contributed by atoms with van der Waals surface area (Å²) in [5.74, 6) is -0.293. The van der Waals surface area contributed by atoms with Crippen molar-refractivity contribution >= 4 is 15.9 Å². The minimum atomic E-state index is -0.677. The van der Waals surface area contributed by atoms with Crippen LogP contribution in [0.3, 0.4) is 0 Å². The van der Waals surface area contributed by atoms with Crippen molar-refractivity contribution in [3.05, 3.63) is 34.1 Å². The fourth-order valence-electron chi connectivity index (χ4n) is 1.81. The predicted octanol–water partition coefficient (Wildman–Crippen LogP) is 3.31. The number of rotatable bonds is 6. The number of aliphatic hydroxyl groups excluding tert-OH is 1. The number of methoxy groups -OCH3 is 1. The van der Waals surface area contributed by atoms with Gasteiger partial charge < -0.3 is 9.84 Å². The van der Waals surface area contributed by atoms with Crippen molar-refractivity contribution in [1.29, 1.82) is 0 Å². The van der Waals surface area contributed by atoms with Gasteiger partial charge in [-0.3, -0.25) is 0 Å². The molecule has 0 bridgehead atoms. The van der Waals surface area contributed by atoms with Crippen molar-refractivity contribution in [2.75, 3.05) is 7.11 Å². The van der Waals surface area contributed by atoms with Crippen molar-refractivity contribution in [2.45, 2.75) is 38.4 Å². The Balaban J connectivity index is 2.72. The third-order valence-electron chi connectivity index (χ3n) is 2.74. The molecule has 0 saturated carbocycles. The maximum atomic E-state index is 13.5. The van der Waals surface area contributed by atoms with E-state index in [1.54, 1.807) is 19.2 Å². The first kappa shape index (κ1) is 14.6. The molecule has 1 aromatic carbocycles. The highest BCUT2D eigenvalue weighted by atomic mass is 79.9. The molecule has 0 heterocycles. The summed E-state index contributed by atoms with van der Waals surface area (Å²) in [6.45, 7) is 2.03. The van der Waals surface area contributed by atoms with E-state index in [0.29, 0.717) is 5.56 Å². The summed E-state index contributed by atoms with van der Waals surface area (Å²) < 4.78 is 19.5. The lowest BCUT2D eigenvalue weighted by molar-refractivity contribution is -0.0162. The standard InChI is InChI=1S/C13H18BrFO2/c1-3-4-13(17-2)12(16)8-9-7-10(14)5-6-11(9)15/h5-7,12-13,16H,3-4,8H2,1-2H3. The van der Waals surface area contributed by atoms with E-state index in [9.17, 15) is 9.50 Å². The van der Waals surface area contributed by atoms with E-state index in [-0.39, 0.29) is 18.3 Å². The van der Waals surface area contributed by atoms with Crippen LogP contribution in [0.15, 0.2) is 22.7 Å². The monoisotopic (exact) mass is 304 g/mol. The molecule has 96 valence electrons. The van der Waals surface area contributed by atoms with Crippen molar-refractivity contribution in [1.82, 2.24) is 0 Å². The quantitative estimate of drug-likeness (QED) is 0.874. The van der Waals surface area contributed by atoms with Gasteiger partial charge in [-0.05, 0) is 30.2 Å². The van der Waals surface area contributed by atoms with Gasteiger partial charge in [0.15, 0.2) is 0 Å². The van der Waals surface area contributed by atoms with Crippen LogP contribution in [0.25, 0.3) is 0 Å². The largest absolute Gasteiger partial charge is 0.390 e. The minimum absolute atomic E-state index is 0.238. The molecule has 0 spiro atoms. The lowest BCUT2D eigenvalue weighted by Crippen LogP contribution is -2.30. The average molecular weight is 305 g/mol. The number of benzene rings is 1. The third kappa shape index (κ3) is 4.37. The number of hydrogen-bond donors (Lipinski definition) is 1. The number of hydrogen-bond acceptors (Lipinski definition) is 2. The van der Waals surface area contributed by atoms with E-state index in [4.69, 9.17) is 4.74 Å². The molecule has 1 rings (SSSR count). The van der Waals surface area contributed by atoms with E-state index >= 15 is 0 Å². The lowest BCUT2D eigenvalue weighted by Gasteiger charge is -2.21. The molecule has 0 saturated heterocycles. The van der Waals surface area contributed by atoms with Gasteiger partial charge in [0.05, 0.1) is 12.2 Å². The molecule has 0 aromatic heterocycles. The normalized spacial score (nSPS) is 14.6. The Morgan fingerprint density at radius 2 is 2.18 bits per heavy atom. The van der Waals surface area contributed by atoms with Crippen molar-refractivity contribution in [3.8, 4) is 0 Å². The lowest BCUT2D eigenvalue weighted by atomic mass is 10.0. The Labute approximate surface area is 110 Å². The zero-order chi connectivity index (χ0) is 12.8. The van der Waals surface area contributed by atoms with Crippen LogP contribution in [-0.4, -0.2) is 24.4 Å². The predicted molar refractivity (Wildman–Crippen MR) is 69.5 cm³/mol. The molecule has 1 N–H and O–H groups in total. The summed E-state index contributed by atoms with van der Waals surface area (Å²) >= 11 is 3.29. The van der Waals surface area contributed by atoms with Crippen LogP contribution in [0.2, 0.25) is 0 Å². The molecule has 0 aliphatic rings. The van der Waals surface area contributed by atoms with Crippen LogP contribution in [-0.2, 0) is 11.2 Å². The molecular weight excluding hydrogens is 287 g/mol.